The Labute approximate surface area is 171 Å². The summed E-state index contributed by atoms with van der Waals surface area (Å²) in [7, 11) is 0. The van der Waals surface area contributed by atoms with Crippen molar-refractivity contribution >= 4 is 23.6 Å². The van der Waals surface area contributed by atoms with E-state index in [0.717, 1.165) is 5.56 Å². The summed E-state index contributed by atoms with van der Waals surface area (Å²) >= 11 is 0. The van der Waals surface area contributed by atoms with Crippen LogP contribution in [0.3, 0.4) is 0 Å². The molecular weight excluding hydrogens is 372 g/mol. The van der Waals surface area contributed by atoms with Gasteiger partial charge in [-0.05, 0) is 23.8 Å². The summed E-state index contributed by atoms with van der Waals surface area (Å²) in [5.41, 5.74) is 6.53. The number of nitrogens with one attached hydrogen (secondary N) is 2. The first-order valence-electron chi connectivity index (χ1n) is 9.74. The van der Waals surface area contributed by atoms with E-state index in [1.54, 1.807) is 29.2 Å². The number of rotatable bonds is 8. The lowest BCUT2D eigenvalue weighted by Gasteiger charge is -2.44. The van der Waals surface area contributed by atoms with E-state index >= 15 is 0 Å². The third-order valence-electron chi connectivity index (χ3n) is 5.33. The van der Waals surface area contributed by atoms with Crippen LogP contribution < -0.4 is 11.1 Å². The molecule has 0 bridgehead atoms. The predicted octanol–water partition coefficient (Wildman–Crippen LogP) is 1.71. The average Bonchev–Trinajstić information content (AvgIpc) is 2.58. The molecule has 0 saturated carbocycles. The van der Waals surface area contributed by atoms with Crippen LogP contribution in [-0.2, 0) is 20.9 Å². The zero-order valence-corrected chi connectivity index (χ0v) is 17.2. The van der Waals surface area contributed by atoms with Gasteiger partial charge in [-0.1, -0.05) is 45.0 Å². The normalized spacial score (nSPS) is 17.2. The van der Waals surface area contributed by atoms with E-state index in [-0.39, 0.29) is 35.9 Å². The summed E-state index contributed by atoms with van der Waals surface area (Å²) in [5.74, 6) is -1.77. The quantitative estimate of drug-likeness (QED) is 0.388. The van der Waals surface area contributed by atoms with Gasteiger partial charge in [-0.2, -0.15) is 0 Å². The van der Waals surface area contributed by atoms with Crippen LogP contribution in [0.4, 0.5) is 0 Å². The van der Waals surface area contributed by atoms with Crippen LogP contribution in [0.1, 0.15) is 51.2 Å². The summed E-state index contributed by atoms with van der Waals surface area (Å²) in [4.78, 5) is 38.1. The van der Waals surface area contributed by atoms with Gasteiger partial charge in [-0.15, -0.1) is 0 Å². The number of carbonyl (C=O) groups is 3. The van der Waals surface area contributed by atoms with E-state index in [9.17, 15) is 14.4 Å². The minimum Gasteiger partial charge on any atom is -0.481 e. The third kappa shape index (κ3) is 5.79. The van der Waals surface area contributed by atoms with Crippen molar-refractivity contribution in [2.45, 2.75) is 52.6 Å². The molecule has 0 aliphatic carbocycles. The summed E-state index contributed by atoms with van der Waals surface area (Å²) < 4.78 is 0. The molecule has 1 saturated heterocycles. The maximum atomic E-state index is 13.0. The van der Waals surface area contributed by atoms with Gasteiger partial charge in [-0.3, -0.25) is 19.8 Å². The van der Waals surface area contributed by atoms with Crippen molar-refractivity contribution in [3.8, 4) is 0 Å². The molecule has 8 nitrogen and oxygen atoms in total. The summed E-state index contributed by atoms with van der Waals surface area (Å²) in [6.45, 7) is 6.56. The number of benzene rings is 1. The van der Waals surface area contributed by atoms with Gasteiger partial charge in [0.15, 0.2) is 0 Å². The number of amides is 2. The number of nitrogens with zero attached hydrogens (tertiary/aromatic N) is 1. The standard InChI is InChI=1S/C21H30N4O4/c1-21(2,3)15(8-9-17(26)27)20(29)25-11-10-16(25)19(28)24-12-13-4-6-14(7-5-13)18(22)23/h4-7,15-16H,8-12H2,1-3H3,(H3,22,23)(H,24,28)(H,26,27)/t15-,16-/m0/s1. The van der Waals surface area contributed by atoms with E-state index in [0.29, 0.717) is 25.1 Å². The highest BCUT2D eigenvalue weighted by Crippen LogP contribution is 2.34. The largest absolute Gasteiger partial charge is 0.481 e. The molecule has 0 unspecified atom stereocenters. The Bertz CT molecular complexity index is 783. The highest BCUT2D eigenvalue weighted by Gasteiger charge is 2.43. The van der Waals surface area contributed by atoms with Crippen LogP contribution in [0, 0.1) is 16.7 Å². The van der Waals surface area contributed by atoms with Gasteiger partial charge < -0.3 is 21.1 Å². The van der Waals surface area contributed by atoms with Gasteiger partial charge in [0.2, 0.25) is 11.8 Å². The Morgan fingerprint density at radius 3 is 2.34 bits per heavy atom. The first-order chi connectivity index (χ1) is 13.5. The Balaban J connectivity index is 1.96. The van der Waals surface area contributed by atoms with E-state index in [2.05, 4.69) is 5.32 Å². The number of carboxylic acid groups (broad SMARTS) is 1. The van der Waals surface area contributed by atoms with Crippen LogP contribution in [0.15, 0.2) is 24.3 Å². The van der Waals surface area contributed by atoms with Crippen molar-refractivity contribution in [3.63, 3.8) is 0 Å². The molecule has 1 fully saturated rings. The molecule has 1 aromatic rings. The molecule has 1 aromatic carbocycles. The molecule has 0 spiro atoms. The first kappa shape index (κ1) is 22.4. The van der Waals surface area contributed by atoms with E-state index in [1.165, 1.54) is 0 Å². The van der Waals surface area contributed by atoms with Crippen molar-refractivity contribution in [1.29, 1.82) is 5.41 Å². The lowest BCUT2D eigenvalue weighted by Crippen LogP contribution is -2.60. The summed E-state index contributed by atoms with van der Waals surface area (Å²) in [5, 5.41) is 19.2. The maximum absolute atomic E-state index is 13.0. The van der Waals surface area contributed by atoms with Crippen molar-refractivity contribution in [2.75, 3.05) is 6.54 Å². The number of nitrogen functional groups attached to an aromatic ring is 1. The Morgan fingerprint density at radius 2 is 1.90 bits per heavy atom. The van der Waals surface area contributed by atoms with Crippen LogP contribution in [0.5, 0.6) is 0 Å². The highest BCUT2D eigenvalue weighted by molar-refractivity contribution is 5.95. The van der Waals surface area contributed by atoms with Gasteiger partial charge in [0, 0.05) is 31.0 Å². The molecule has 0 aromatic heterocycles. The molecular formula is C21H30N4O4. The Kier molecular flexibility index (Phi) is 7.00. The molecule has 2 rings (SSSR count). The summed E-state index contributed by atoms with van der Waals surface area (Å²) in [6, 6.07) is 6.51. The zero-order chi connectivity index (χ0) is 21.8. The molecule has 1 aliphatic rings. The van der Waals surface area contributed by atoms with E-state index in [4.69, 9.17) is 16.2 Å². The SMILES string of the molecule is CC(C)(C)[C@@H](CCC(=O)O)C(=O)N1CC[C@H]1C(=O)NCc1ccc(C(=N)N)cc1. The van der Waals surface area contributed by atoms with Crippen LogP contribution in [0.25, 0.3) is 0 Å². The third-order valence-corrected chi connectivity index (χ3v) is 5.33. The average molecular weight is 402 g/mol. The predicted molar refractivity (Wildman–Crippen MR) is 109 cm³/mol. The second-order valence-electron chi connectivity index (χ2n) is 8.52. The number of hydrogen-bond donors (Lipinski definition) is 4. The van der Waals surface area contributed by atoms with Gasteiger partial charge in [-0.25, -0.2) is 0 Å². The monoisotopic (exact) mass is 402 g/mol. The summed E-state index contributed by atoms with van der Waals surface area (Å²) in [6.07, 6.45) is 0.774. The fraction of sp³-hybridized carbons (Fsp3) is 0.524. The molecule has 1 heterocycles. The van der Waals surface area contributed by atoms with Crippen molar-refractivity contribution < 1.29 is 19.5 Å². The second kappa shape index (κ2) is 9.07. The number of aliphatic carboxylic acids is 1. The molecule has 1 aliphatic heterocycles. The topological polar surface area (TPSA) is 137 Å². The molecule has 5 N–H and O–H groups in total. The van der Waals surface area contributed by atoms with E-state index in [1.807, 2.05) is 20.8 Å². The smallest absolute Gasteiger partial charge is 0.303 e. The fourth-order valence-electron chi connectivity index (χ4n) is 3.43. The first-order valence-corrected chi connectivity index (χ1v) is 9.74. The number of carboxylic acids is 1. The molecule has 2 amide bonds. The molecule has 29 heavy (non-hydrogen) atoms. The van der Waals surface area contributed by atoms with Crippen molar-refractivity contribution in [1.82, 2.24) is 10.2 Å². The van der Waals surface area contributed by atoms with Gasteiger partial charge >= 0.3 is 5.97 Å². The van der Waals surface area contributed by atoms with Crippen LogP contribution >= 0.6 is 0 Å². The molecule has 8 heteroatoms. The Morgan fingerprint density at radius 1 is 1.28 bits per heavy atom. The van der Waals surface area contributed by atoms with Crippen LogP contribution in [-0.4, -0.2) is 46.2 Å². The Hall–Kier alpha value is -2.90. The lowest BCUT2D eigenvalue weighted by molar-refractivity contribution is -0.154. The van der Waals surface area contributed by atoms with Crippen molar-refractivity contribution in [2.24, 2.45) is 17.1 Å². The fourth-order valence-corrected chi connectivity index (χ4v) is 3.43. The molecule has 0 radical (unpaired) electrons. The van der Waals surface area contributed by atoms with Gasteiger partial charge in [0.25, 0.3) is 0 Å². The maximum Gasteiger partial charge on any atom is 0.303 e. The number of likely N-dealkylation sites (tertiary alicyclic amines) is 1. The lowest BCUT2D eigenvalue weighted by atomic mass is 9.76. The van der Waals surface area contributed by atoms with Crippen molar-refractivity contribution in [3.05, 3.63) is 35.4 Å². The molecule has 2 atom stereocenters. The minimum absolute atomic E-state index is 0.0134. The minimum atomic E-state index is -0.930. The zero-order valence-electron chi connectivity index (χ0n) is 17.2. The van der Waals surface area contributed by atoms with Gasteiger partial charge in [0.05, 0.1) is 0 Å². The number of carbonyl (C=O) groups excluding carboxylic acids is 2. The number of nitrogens with two attached hydrogens (primary N) is 1. The van der Waals surface area contributed by atoms with E-state index < -0.39 is 17.9 Å². The number of hydrogen-bond acceptors (Lipinski definition) is 4. The van der Waals surface area contributed by atoms with Crippen LogP contribution in [0.2, 0.25) is 0 Å². The second-order valence-corrected chi connectivity index (χ2v) is 8.52. The molecule has 158 valence electrons. The van der Waals surface area contributed by atoms with Gasteiger partial charge in [0.1, 0.15) is 11.9 Å². The number of amidine groups is 1. The highest BCUT2D eigenvalue weighted by atomic mass is 16.4.